The van der Waals surface area contributed by atoms with E-state index in [2.05, 4.69) is 9.71 Å². The van der Waals surface area contributed by atoms with Crippen molar-refractivity contribution in [1.29, 1.82) is 0 Å². The van der Waals surface area contributed by atoms with Gasteiger partial charge in [-0.25, -0.2) is 13.1 Å². The van der Waals surface area contributed by atoms with Crippen molar-refractivity contribution in [3.8, 4) is 0 Å². The van der Waals surface area contributed by atoms with E-state index in [1.165, 1.54) is 0 Å². The molecule has 0 spiro atoms. The van der Waals surface area contributed by atoms with Gasteiger partial charge in [-0.15, -0.1) is 0 Å². The molecule has 0 bridgehead atoms. The number of benzene rings is 2. The maximum atomic E-state index is 14.0. The Kier molecular flexibility index (Phi) is 8.91. The van der Waals surface area contributed by atoms with Gasteiger partial charge in [-0.2, -0.15) is 0 Å². The van der Waals surface area contributed by atoms with Gasteiger partial charge in [-0.05, 0) is 66.8 Å². The van der Waals surface area contributed by atoms with Crippen molar-refractivity contribution < 1.29 is 27.9 Å². The minimum atomic E-state index is -3.87. The van der Waals surface area contributed by atoms with Gasteiger partial charge in [0, 0.05) is 28.8 Å². The van der Waals surface area contributed by atoms with Gasteiger partial charge in [-0.3, -0.25) is 14.6 Å². The lowest BCUT2D eigenvalue weighted by Crippen LogP contribution is -2.57. The number of hydrogen-bond donors (Lipinski definition) is 2. The summed E-state index contributed by atoms with van der Waals surface area (Å²) >= 11 is 12.5. The number of nitrogens with one attached hydrogen (secondary N) is 1. The lowest BCUT2D eigenvalue weighted by Gasteiger charge is -2.48. The Morgan fingerprint density at radius 3 is 2.43 bits per heavy atom. The molecule has 3 aromatic rings. The molecule has 1 aliphatic carbocycles. The first-order valence-electron chi connectivity index (χ1n) is 13.7. The number of sulfonamides is 1. The highest BCUT2D eigenvalue weighted by Crippen LogP contribution is 2.51. The van der Waals surface area contributed by atoms with E-state index in [4.69, 9.17) is 27.9 Å². The summed E-state index contributed by atoms with van der Waals surface area (Å²) in [4.78, 5) is 31.7. The molecule has 2 heterocycles. The molecular weight excluding hydrogens is 601 g/mol. The molecule has 42 heavy (non-hydrogen) atoms. The molecular formula is C30H31Cl2N3O6S. The second-order valence-electron chi connectivity index (χ2n) is 10.6. The predicted octanol–water partition coefficient (Wildman–Crippen LogP) is 5.26. The van der Waals surface area contributed by atoms with Crippen LogP contribution in [0.5, 0.6) is 0 Å². The second-order valence-corrected chi connectivity index (χ2v) is 13.5. The highest BCUT2D eigenvalue weighted by molar-refractivity contribution is 7.90. The fraction of sp³-hybridized carbons (Fsp3) is 0.367. The molecule has 1 amide bonds. The number of aliphatic carboxylic acids is 1. The average Bonchev–Trinajstić information content (AvgIpc) is 3.79. The Labute approximate surface area is 254 Å². The zero-order valence-electron chi connectivity index (χ0n) is 22.8. The summed E-state index contributed by atoms with van der Waals surface area (Å²) in [6, 6.07) is 17.8. The van der Waals surface area contributed by atoms with Gasteiger partial charge in [-0.1, -0.05) is 60.5 Å². The van der Waals surface area contributed by atoms with Crippen LogP contribution in [0.15, 0.2) is 72.9 Å². The van der Waals surface area contributed by atoms with Crippen LogP contribution in [0, 0.1) is 0 Å². The molecule has 12 heteroatoms. The highest BCUT2D eigenvalue weighted by atomic mass is 35.5. The lowest BCUT2D eigenvalue weighted by molar-refractivity contribution is -0.183. The minimum absolute atomic E-state index is 0.0781. The third-order valence-electron chi connectivity index (χ3n) is 7.90. The normalized spacial score (nSPS) is 22.5. The number of nitrogens with zero attached hydrogens (tertiary/aromatic N) is 2. The first-order valence-corrected chi connectivity index (χ1v) is 15.9. The van der Waals surface area contributed by atoms with Crippen molar-refractivity contribution in [3.63, 3.8) is 0 Å². The summed E-state index contributed by atoms with van der Waals surface area (Å²) in [5, 5.41) is 10.6. The van der Waals surface area contributed by atoms with Gasteiger partial charge < -0.3 is 14.7 Å². The number of rotatable bonds is 11. The first-order chi connectivity index (χ1) is 20.1. The molecule has 222 valence electrons. The third-order valence-corrected chi connectivity index (χ3v) is 10.6. The SMILES string of the molecule is CC[C@@H](CNS(=O)(=O)C1(c2ccccn2)CC1)N1C(=O)[C@H](CC(=O)O)O[C@H](c2cccc(Cl)c2)[C@H]1c1ccc(Cl)cc1. The number of carboxylic acid groups (broad SMARTS) is 1. The maximum absolute atomic E-state index is 14.0. The van der Waals surface area contributed by atoms with Crippen LogP contribution in [-0.2, 0) is 29.1 Å². The molecule has 1 saturated heterocycles. The average molecular weight is 633 g/mol. The zero-order valence-corrected chi connectivity index (χ0v) is 25.1. The van der Waals surface area contributed by atoms with Gasteiger partial charge in [0.25, 0.3) is 5.91 Å². The molecule has 1 aliphatic heterocycles. The smallest absolute Gasteiger partial charge is 0.306 e. The van der Waals surface area contributed by atoms with Crippen LogP contribution in [0.1, 0.15) is 61.6 Å². The number of carboxylic acids is 1. The van der Waals surface area contributed by atoms with Gasteiger partial charge in [0.1, 0.15) is 17.0 Å². The number of morpholine rings is 1. The van der Waals surface area contributed by atoms with E-state index in [9.17, 15) is 23.1 Å². The van der Waals surface area contributed by atoms with E-state index in [1.807, 2.05) is 6.92 Å². The molecule has 4 atom stereocenters. The number of carbonyl (C=O) groups excluding carboxylic acids is 1. The van der Waals surface area contributed by atoms with Crippen molar-refractivity contribution in [3.05, 3.63) is 99.8 Å². The Bertz CT molecular complexity index is 1550. The summed E-state index contributed by atoms with van der Waals surface area (Å²) in [6.07, 6.45) is 0.211. The lowest BCUT2D eigenvalue weighted by atomic mass is 9.89. The number of aromatic nitrogens is 1. The summed E-state index contributed by atoms with van der Waals surface area (Å²) in [5.74, 6) is -1.73. The Balaban J connectivity index is 1.53. The van der Waals surface area contributed by atoms with Crippen LogP contribution < -0.4 is 4.72 Å². The largest absolute Gasteiger partial charge is 0.481 e. The number of hydrogen-bond acceptors (Lipinski definition) is 6. The Hall–Kier alpha value is -3.02. The van der Waals surface area contributed by atoms with E-state index in [0.29, 0.717) is 46.1 Å². The minimum Gasteiger partial charge on any atom is -0.481 e. The topological polar surface area (TPSA) is 126 Å². The Morgan fingerprint density at radius 2 is 1.83 bits per heavy atom. The monoisotopic (exact) mass is 631 g/mol. The third kappa shape index (κ3) is 6.05. The van der Waals surface area contributed by atoms with Gasteiger partial charge in [0.2, 0.25) is 10.0 Å². The van der Waals surface area contributed by atoms with Crippen LogP contribution in [0.25, 0.3) is 0 Å². The number of amides is 1. The van der Waals surface area contributed by atoms with Crippen LogP contribution in [-0.4, -0.2) is 54.0 Å². The first kappa shape index (κ1) is 30.4. The summed E-state index contributed by atoms with van der Waals surface area (Å²) in [7, 11) is -3.87. The van der Waals surface area contributed by atoms with Gasteiger partial charge in [0.15, 0.2) is 0 Å². The fourth-order valence-corrected chi connectivity index (χ4v) is 7.64. The molecule has 0 radical (unpaired) electrons. The van der Waals surface area contributed by atoms with Crippen molar-refractivity contribution in [2.24, 2.45) is 0 Å². The fourth-order valence-electron chi connectivity index (χ4n) is 5.59. The number of pyridine rings is 1. The van der Waals surface area contributed by atoms with Crippen molar-refractivity contribution in [2.75, 3.05) is 6.54 Å². The molecule has 2 N–H and O–H groups in total. The standard InChI is InChI=1S/C30H31Cl2N3O6S/c1-2-23(18-34-42(39,40)30(13-14-30)25-8-3-4-15-33-25)35-27(19-9-11-21(31)12-10-19)28(20-6-5-7-22(32)16-20)41-24(29(35)38)17-26(36)37/h3-12,15-16,23-24,27-28,34H,2,13-14,17-18H2,1H3,(H,36,37)/t23-,24-,27+,28+/m0/s1. The summed E-state index contributed by atoms with van der Waals surface area (Å²) < 4.78 is 35.2. The second kappa shape index (κ2) is 12.3. The summed E-state index contributed by atoms with van der Waals surface area (Å²) in [6.45, 7) is 1.78. The predicted molar refractivity (Wildman–Crippen MR) is 159 cm³/mol. The van der Waals surface area contributed by atoms with Crippen LogP contribution >= 0.6 is 23.2 Å². The van der Waals surface area contributed by atoms with Gasteiger partial charge >= 0.3 is 5.97 Å². The van der Waals surface area contributed by atoms with Crippen LogP contribution in [0.3, 0.4) is 0 Å². The number of ether oxygens (including phenoxy) is 1. The molecule has 1 saturated carbocycles. The number of carbonyl (C=O) groups is 2. The molecule has 2 aromatic carbocycles. The maximum Gasteiger partial charge on any atom is 0.306 e. The molecule has 9 nitrogen and oxygen atoms in total. The number of halogens is 2. The van der Waals surface area contributed by atoms with E-state index < -0.39 is 57.4 Å². The van der Waals surface area contributed by atoms with Crippen molar-refractivity contribution in [2.45, 2.75) is 61.6 Å². The Morgan fingerprint density at radius 1 is 1.10 bits per heavy atom. The van der Waals surface area contributed by atoms with Gasteiger partial charge in [0.05, 0.1) is 18.2 Å². The van der Waals surface area contributed by atoms with E-state index in [0.717, 1.165) is 0 Å². The van der Waals surface area contributed by atoms with E-state index >= 15 is 0 Å². The zero-order chi connectivity index (χ0) is 30.1. The van der Waals surface area contributed by atoms with Crippen LogP contribution in [0.4, 0.5) is 0 Å². The molecule has 0 unspecified atom stereocenters. The van der Waals surface area contributed by atoms with E-state index in [-0.39, 0.29) is 6.54 Å². The van der Waals surface area contributed by atoms with Crippen LogP contribution in [0.2, 0.25) is 10.0 Å². The van der Waals surface area contributed by atoms with E-state index in [1.54, 1.807) is 77.8 Å². The highest BCUT2D eigenvalue weighted by Gasteiger charge is 2.57. The quantitative estimate of drug-likeness (QED) is 0.296. The van der Waals surface area contributed by atoms with Crippen molar-refractivity contribution in [1.82, 2.24) is 14.6 Å². The van der Waals surface area contributed by atoms with Crippen molar-refractivity contribution >= 4 is 45.1 Å². The molecule has 1 aromatic heterocycles. The molecule has 2 fully saturated rings. The molecule has 2 aliphatic rings. The summed E-state index contributed by atoms with van der Waals surface area (Å²) in [5.41, 5.74) is 1.83. The molecule has 5 rings (SSSR count).